The second-order valence-electron chi connectivity index (χ2n) is 0.904. The van der Waals surface area contributed by atoms with Crippen molar-refractivity contribution in [3.63, 3.8) is 0 Å². The molecule has 14 heavy (non-hydrogen) atoms. The zero-order valence-corrected chi connectivity index (χ0v) is 10.6. The number of rotatable bonds is 0. The summed E-state index contributed by atoms with van der Waals surface area (Å²) in [6.07, 6.45) is 4.88. The third kappa shape index (κ3) is 44.0. The number of alkyl halides is 1. The van der Waals surface area contributed by atoms with Crippen molar-refractivity contribution in [3.05, 3.63) is 24.8 Å². The van der Waals surface area contributed by atoms with Crippen molar-refractivity contribution in [1.82, 2.24) is 9.97 Å². The predicted octanol–water partition coefficient (Wildman–Crippen LogP) is 4.14. The Balaban J connectivity index is -0.0000000542. The van der Waals surface area contributed by atoms with Crippen molar-refractivity contribution >= 4 is 0 Å². The maximum atomic E-state index is 9.50. The van der Waals surface area contributed by atoms with Crippen molar-refractivity contribution in [2.45, 2.75) is 41.5 Å². The summed E-state index contributed by atoms with van der Waals surface area (Å²) in [6.45, 7) is 12.0. The van der Waals surface area contributed by atoms with E-state index in [1.54, 1.807) is 18.5 Å². The molecule has 0 aliphatic carbocycles. The van der Waals surface area contributed by atoms with Crippen molar-refractivity contribution < 1.29 is 4.39 Å². The van der Waals surface area contributed by atoms with E-state index in [9.17, 15) is 4.39 Å². The van der Waals surface area contributed by atoms with Crippen LogP contribution in [0.15, 0.2) is 24.8 Å². The summed E-state index contributed by atoms with van der Waals surface area (Å²) in [5, 5.41) is 0. The van der Waals surface area contributed by atoms with Gasteiger partial charge < -0.3 is 0 Å². The standard InChI is InChI=1S/C4H4N2.3C2H6.CH3F/c1-2-5-4-6-3-1;4*1-2/h1-4H;3*1-2H3;1H3. The van der Waals surface area contributed by atoms with Crippen LogP contribution < -0.4 is 0 Å². The van der Waals surface area contributed by atoms with Gasteiger partial charge in [-0.1, -0.05) is 41.5 Å². The Morgan fingerprint density at radius 1 is 0.714 bits per heavy atom. The summed E-state index contributed by atoms with van der Waals surface area (Å²) in [5.74, 6) is 0. The molecule has 3 heteroatoms. The lowest BCUT2D eigenvalue weighted by atomic mass is 10.7. The van der Waals surface area contributed by atoms with E-state index in [1.807, 2.05) is 41.5 Å². The molecule has 0 spiro atoms. The van der Waals surface area contributed by atoms with Crippen LogP contribution in [0, 0.1) is 0 Å². The average molecular weight is 204 g/mol. The molecule has 2 nitrogen and oxygen atoms in total. The molecule has 0 aliphatic rings. The van der Waals surface area contributed by atoms with Crippen molar-refractivity contribution in [3.8, 4) is 0 Å². The fraction of sp³-hybridized carbons (Fsp3) is 0.636. The molecule has 0 aromatic carbocycles. The van der Waals surface area contributed by atoms with Crippen molar-refractivity contribution in [2.75, 3.05) is 7.18 Å². The first kappa shape index (κ1) is 23.1. The van der Waals surface area contributed by atoms with E-state index in [0.717, 1.165) is 0 Å². The van der Waals surface area contributed by atoms with Crippen LogP contribution in [0.1, 0.15) is 41.5 Å². The molecule has 0 fully saturated rings. The Hall–Kier alpha value is -0.990. The first-order chi connectivity index (χ1) is 7.00. The van der Waals surface area contributed by atoms with Gasteiger partial charge in [-0.05, 0) is 6.07 Å². The predicted molar refractivity (Wildman–Crippen MR) is 63.1 cm³/mol. The van der Waals surface area contributed by atoms with Crippen molar-refractivity contribution in [2.24, 2.45) is 0 Å². The highest BCUT2D eigenvalue weighted by Gasteiger charge is 1.59. The minimum absolute atomic E-state index is 0.500. The number of aromatic nitrogens is 2. The van der Waals surface area contributed by atoms with Gasteiger partial charge in [0.2, 0.25) is 0 Å². The Labute approximate surface area is 88.6 Å². The van der Waals surface area contributed by atoms with Crippen LogP contribution in [0.2, 0.25) is 0 Å². The largest absolute Gasteiger partial charge is 0.255 e. The van der Waals surface area contributed by atoms with Gasteiger partial charge in [0.05, 0.1) is 7.18 Å². The van der Waals surface area contributed by atoms with E-state index in [4.69, 9.17) is 0 Å². The molecule has 0 amide bonds. The van der Waals surface area contributed by atoms with Crippen LogP contribution in [-0.4, -0.2) is 17.1 Å². The van der Waals surface area contributed by atoms with Crippen LogP contribution in [0.25, 0.3) is 0 Å². The molecule has 0 atom stereocenters. The highest BCUT2D eigenvalue weighted by molar-refractivity contribution is 4.74. The molecule has 0 aliphatic heterocycles. The summed E-state index contributed by atoms with van der Waals surface area (Å²) < 4.78 is 9.50. The maximum Gasteiger partial charge on any atom is 0.115 e. The molecule has 0 unspecified atom stereocenters. The van der Waals surface area contributed by atoms with E-state index in [0.29, 0.717) is 7.18 Å². The van der Waals surface area contributed by atoms with Gasteiger partial charge in [0.25, 0.3) is 0 Å². The number of hydrogen-bond acceptors (Lipinski definition) is 2. The first-order valence-corrected chi connectivity index (χ1v) is 5.08. The fourth-order valence-electron chi connectivity index (χ4n) is 0.253. The topological polar surface area (TPSA) is 25.8 Å². The van der Waals surface area contributed by atoms with Gasteiger partial charge >= 0.3 is 0 Å². The summed E-state index contributed by atoms with van der Waals surface area (Å²) in [7, 11) is 0.500. The van der Waals surface area contributed by atoms with Gasteiger partial charge in [0.15, 0.2) is 0 Å². The Morgan fingerprint density at radius 3 is 1.07 bits per heavy atom. The molecule has 1 aromatic heterocycles. The summed E-state index contributed by atoms with van der Waals surface area (Å²) >= 11 is 0. The maximum absolute atomic E-state index is 9.50. The number of halogens is 1. The van der Waals surface area contributed by atoms with Gasteiger partial charge in [-0.15, -0.1) is 0 Å². The molecule has 0 bridgehead atoms. The molecule has 1 heterocycles. The zero-order valence-electron chi connectivity index (χ0n) is 10.6. The first-order valence-electron chi connectivity index (χ1n) is 5.08. The van der Waals surface area contributed by atoms with Gasteiger partial charge in [-0.25, -0.2) is 9.97 Å². The molecule has 86 valence electrons. The Morgan fingerprint density at radius 2 is 1.00 bits per heavy atom. The van der Waals surface area contributed by atoms with Crippen molar-refractivity contribution in [1.29, 1.82) is 0 Å². The molecule has 1 rings (SSSR count). The van der Waals surface area contributed by atoms with Crippen LogP contribution in [-0.2, 0) is 0 Å². The zero-order chi connectivity index (χ0) is 12.2. The monoisotopic (exact) mass is 204 g/mol. The van der Waals surface area contributed by atoms with Crippen LogP contribution in [0.5, 0.6) is 0 Å². The third-order valence-electron chi connectivity index (χ3n) is 0.478. The number of hydrogen-bond donors (Lipinski definition) is 0. The van der Waals surface area contributed by atoms with Gasteiger partial charge in [0, 0.05) is 12.4 Å². The smallest absolute Gasteiger partial charge is 0.115 e. The van der Waals surface area contributed by atoms with Crippen LogP contribution in [0.3, 0.4) is 0 Å². The third-order valence-corrected chi connectivity index (χ3v) is 0.478. The quantitative estimate of drug-likeness (QED) is 0.634. The van der Waals surface area contributed by atoms with E-state index >= 15 is 0 Å². The molecule has 0 saturated heterocycles. The highest BCUT2D eigenvalue weighted by Crippen LogP contribution is 1.66. The normalized spacial score (nSPS) is 5.14. The molecule has 0 saturated carbocycles. The van der Waals surface area contributed by atoms with Gasteiger partial charge in [0.1, 0.15) is 6.33 Å². The molecule has 0 radical (unpaired) electrons. The van der Waals surface area contributed by atoms with Gasteiger partial charge in [-0.2, -0.15) is 0 Å². The molecule has 0 N–H and O–H groups in total. The fourth-order valence-corrected chi connectivity index (χ4v) is 0.253. The summed E-state index contributed by atoms with van der Waals surface area (Å²) in [5.41, 5.74) is 0. The minimum atomic E-state index is 0.500. The SMILES string of the molecule is CC.CC.CC.CF.c1cncnc1. The second-order valence-corrected chi connectivity index (χ2v) is 0.904. The minimum Gasteiger partial charge on any atom is -0.255 e. The van der Waals surface area contributed by atoms with Gasteiger partial charge in [-0.3, -0.25) is 4.39 Å². The average Bonchev–Trinajstić information content (AvgIpc) is 2.41. The summed E-state index contributed by atoms with van der Waals surface area (Å²) in [6, 6.07) is 1.78. The number of nitrogens with zero attached hydrogens (tertiary/aromatic N) is 2. The lowest BCUT2D eigenvalue weighted by Crippen LogP contribution is -1.66. The molecule has 1 aromatic rings. The van der Waals surface area contributed by atoms with Crippen LogP contribution in [0.4, 0.5) is 4.39 Å². The highest BCUT2D eigenvalue weighted by atomic mass is 19.1. The van der Waals surface area contributed by atoms with E-state index in [-0.39, 0.29) is 0 Å². The molecular formula is C11H25FN2. The molecular weight excluding hydrogens is 179 g/mol. The lowest BCUT2D eigenvalue weighted by Gasteiger charge is -1.70. The summed E-state index contributed by atoms with van der Waals surface area (Å²) in [4.78, 5) is 7.35. The second kappa shape index (κ2) is 58.0. The lowest BCUT2D eigenvalue weighted by molar-refractivity contribution is 0.636. The van der Waals surface area contributed by atoms with E-state index in [1.165, 1.54) is 6.33 Å². The van der Waals surface area contributed by atoms with E-state index < -0.39 is 0 Å². The van der Waals surface area contributed by atoms with Crippen LogP contribution >= 0.6 is 0 Å². The Kier molecular flexibility index (Phi) is 95.8. The Bertz CT molecular complexity index is 85.2. The van der Waals surface area contributed by atoms with E-state index in [2.05, 4.69) is 9.97 Å².